The summed E-state index contributed by atoms with van der Waals surface area (Å²) >= 11 is 1.53. The number of amides is 1. The highest BCUT2D eigenvalue weighted by Gasteiger charge is 2.31. The molecular weight excluding hydrogens is 324 g/mol. The van der Waals surface area contributed by atoms with Crippen molar-refractivity contribution < 1.29 is 13.2 Å². The van der Waals surface area contributed by atoms with Gasteiger partial charge >= 0.3 is 0 Å². The fourth-order valence-corrected chi connectivity index (χ4v) is 3.28. The average molecular weight is 343 g/mol. The van der Waals surface area contributed by atoms with E-state index in [1.807, 2.05) is 0 Å². The van der Waals surface area contributed by atoms with Gasteiger partial charge in [-0.2, -0.15) is 5.26 Å². The van der Waals surface area contributed by atoms with Crippen LogP contribution in [0.4, 0.5) is 0 Å². The summed E-state index contributed by atoms with van der Waals surface area (Å²) in [4.78, 5) is 13.5. The number of nitrogens with two attached hydrogens (primary N) is 1. The minimum absolute atomic E-state index is 0. The Kier molecular flexibility index (Phi) is 8.46. The molecule has 1 fully saturated rings. The van der Waals surface area contributed by atoms with Crippen LogP contribution < -0.4 is 10.5 Å². The summed E-state index contributed by atoms with van der Waals surface area (Å²) in [6, 6.07) is 0.985. The molecule has 0 radical (unpaired) electrons. The molecule has 2 atom stereocenters. The van der Waals surface area contributed by atoms with E-state index < -0.39 is 22.1 Å². The number of nitriles is 1. The monoisotopic (exact) mass is 342 g/mol. The summed E-state index contributed by atoms with van der Waals surface area (Å²) in [5.41, 5.74) is 5.78. The second-order valence-electron chi connectivity index (χ2n) is 4.37. The van der Waals surface area contributed by atoms with Crippen molar-refractivity contribution >= 4 is 40.1 Å². The van der Waals surface area contributed by atoms with E-state index in [1.165, 1.54) is 16.7 Å². The van der Waals surface area contributed by atoms with Gasteiger partial charge in [-0.3, -0.25) is 4.79 Å². The van der Waals surface area contributed by atoms with Gasteiger partial charge in [-0.15, -0.1) is 24.2 Å². The van der Waals surface area contributed by atoms with E-state index in [2.05, 4.69) is 10.8 Å². The molecule has 116 valence electrons. The second kappa shape index (κ2) is 8.69. The van der Waals surface area contributed by atoms with Crippen LogP contribution in [0.5, 0.6) is 0 Å². The Bertz CT molecular complexity index is 466. The van der Waals surface area contributed by atoms with Crippen LogP contribution in [0, 0.1) is 11.3 Å². The predicted molar refractivity (Wildman–Crippen MR) is 80.9 cm³/mol. The zero-order valence-electron chi connectivity index (χ0n) is 11.1. The van der Waals surface area contributed by atoms with E-state index in [0.29, 0.717) is 24.5 Å². The quantitative estimate of drug-likeness (QED) is 0.628. The zero-order valence-corrected chi connectivity index (χ0v) is 13.6. The van der Waals surface area contributed by atoms with Gasteiger partial charge in [0.1, 0.15) is 6.04 Å². The molecule has 3 N–H and O–H groups in total. The number of sulfonamides is 1. The number of hydrogen-bond donors (Lipinski definition) is 2. The lowest BCUT2D eigenvalue weighted by Crippen LogP contribution is -2.46. The predicted octanol–water partition coefficient (Wildman–Crippen LogP) is -0.510. The molecule has 0 aliphatic carbocycles. The Morgan fingerprint density at radius 1 is 1.65 bits per heavy atom. The number of carbonyl (C=O) groups is 1. The van der Waals surface area contributed by atoms with Gasteiger partial charge in [0.05, 0.1) is 24.2 Å². The van der Waals surface area contributed by atoms with Crippen molar-refractivity contribution in [2.24, 2.45) is 5.73 Å². The Morgan fingerprint density at radius 2 is 2.30 bits per heavy atom. The van der Waals surface area contributed by atoms with Gasteiger partial charge in [-0.05, 0) is 12.8 Å². The van der Waals surface area contributed by atoms with Crippen molar-refractivity contribution in [1.82, 2.24) is 9.62 Å². The highest BCUT2D eigenvalue weighted by Crippen LogP contribution is 2.21. The molecule has 7 nitrogen and oxygen atoms in total. The molecule has 0 aromatic carbocycles. The SMILES string of the molecule is CS(=O)(=O)NCCC[C@H](N)C(=O)N1CSC[C@H]1C#N.Cl. The minimum atomic E-state index is -3.20. The fourth-order valence-electron chi connectivity index (χ4n) is 1.68. The number of halogens is 1. The largest absolute Gasteiger partial charge is 0.320 e. The van der Waals surface area contributed by atoms with Crippen LogP contribution in [0.3, 0.4) is 0 Å². The van der Waals surface area contributed by atoms with E-state index in [-0.39, 0.29) is 24.9 Å². The maximum Gasteiger partial charge on any atom is 0.241 e. The van der Waals surface area contributed by atoms with Crippen LogP contribution in [0.2, 0.25) is 0 Å². The van der Waals surface area contributed by atoms with Crippen molar-refractivity contribution in [3.8, 4) is 6.07 Å². The summed E-state index contributed by atoms with van der Waals surface area (Å²) in [5.74, 6) is 0.868. The molecule has 1 aliphatic heterocycles. The van der Waals surface area contributed by atoms with Crippen LogP contribution in [0.15, 0.2) is 0 Å². The van der Waals surface area contributed by atoms with E-state index in [0.717, 1.165) is 6.26 Å². The Balaban J connectivity index is 0.00000361. The van der Waals surface area contributed by atoms with Crippen LogP contribution in [-0.2, 0) is 14.8 Å². The number of nitrogens with zero attached hydrogens (tertiary/aromatic N) is 2. The summed E-state index contributed by atoms with van der Waals surface area (Å²) in [5, 5.41) is 8.90. The average Bonchev–Trinajstić information content (AvgIpc) is 2.80. The Morgan fingerprint density at radius 3 is 2.85 bits per heavy atom. The van der Waals surface area contributed by atoms with Gasteiger partial charge in [0.2, 0.25) is 15.9 Å². The Labute approximate surface area is 129 Å². The molecular formula is C10H19ClN4O3S2. The molecule has 0 unspecified atom stereocenters. The van der Waals surface area contributed by atoms with Gasteiger partial charge in [-0.25, -0.2) is 13.1 Å². The number of rotatable bonds is 6. The van der Waals surface area contributed by atoms with Crippen molar-refractivity contribution in [3.05, 3.63) is 0 Å². The first-order valence-electron chi connectivity index (χ1n) is 5.83. The number of carbonyl (C=O) groups excluding carboxylic acids is 1. The van der Waals surface area contributed by atoms with Gasteiger partial charge in [0, 0.05) is 12.3 Å². The standard InChI is InChI=1S/C10H18N4O3S2.ClH/c1-19(16,17)13-4-2-3-9(12)10(15)14-7-18-6-8(14)5-11;/h8-9,13H,2-4,6-7,12H2,1H3;1H/t8-,9+;/m1./s1. The lowest BCUT2D eigenvalue weighted by molar-refractivity contribution is -0.132. The molecule has 0 spiro atoms. The van der Waals surface area contributed by atoms with Gasteiger partial charge < -0.3 is 10.6 Å². The summed E-state index contributed by atoms with van der Waals surface area (Å²) in [6.45, 7) is 0.260. The first-order valence-corrected chi connectivity index (χ1v) is 8.88. The third-order valence-corrected chi connectivity index (χ3v) is 4.43. The molecule has 1 saturated heterocycles. The summed E-state index contributed by atoms with van der Waals surface area (Å²) < 4.78 is 24.0. The van der Waals surface area contributed by atoms with Crippen molar-refractivity contribution in [2.75, 3.05) is 24.4 Å². The minimum Gasteiger partial charge on any atom is -0.320 e. The Hall–Kier alpha value is -0.530. The van der Waals surface area contributed by atoms with Gasteiger partial charge in [0.25, 0.3) is 0 Å². The smallest absolute Gasteiger partial charge is 0.241 e. The molecule has 0 saturated carbocycles. The van der Waals surface area contributed by atoms with Gasteiger partial charge in [-0.1, -0.05) is 0 Å². The van der Waals surface area contributed by atoms with Crippen LogP contribution >= 0.6 is 24.2 Å². The molecule has 1 amide bonds. The zero-order chi connectivity index (χ0) is 14.5. The molecule has 0 bridgehead atoms. The normalized spacial score (nSPS) is 20.1. The fraction of sp³-hybridized carbons (Fsp3) is 0.800. The maximum absolute atomic E-state index is 12.0. The molecule has 1 aliphatic rings. The second-order valence-corrected chi connectivity index (χ2v) is 7.20. The molecule has 1 rings (SSSR count). The van der Waals surface area contributed by atoms with Crippen molar-refractivity contribution in [1.29, 1.82) is 5.26 Å². The van der Waals surface area contributed by atoms with E-state index in [1.54, 1.807) is 0 Å². The topological polar surface area (TPSA) is 116 Å². The summed E-state index contributed by atoms with van der Waals surface area (Å²) in [7, 11) is -3.20. The molecule has 0 aromatic heterocycles. The third kappa shape index (κ3) is 6.28. The molecule has 1 heterocycles. The third-order valence-electron chi connectivity index (χ3n) is 2.69. The van der Waals surface area contributed by atoms with Crippen LogP contribution in [0.25, 0.3) is 0 Å². The lowest BCUT2D eigenvalue weighted by atomic mass is 10.1. The lowest BCUT2D eigenvalue weighted by Gasteiger charge is -2.22. The highest BCUT2D eigenvalue weighted by atomic mass is 35.5. The number of thioether (sulfide) groups is 1. The van der Waals surface area contributed by atoms with Crippen molar-refractivity contribution in [2.45, 2.75) is 24.9 Å². The number of nitrogens with one attached hydrogen (secondary N) is 1. The maximum atomic E-state index is 12.0. The molecule has 10 heteroatoms. The molecule has 0 aromatic rings. The van der Waals surface area contributed by atoms with E-state index >= 15 is 0 Å². The first-order chi connectivity index (χ1) is 8.85. The van der Waals surface area contributed by atoms with Crippen LogP contribution in [-0.4, -0.2) is 55.7 Å². The summed E-state index contributed by atoms with van der Waals surface area (Å²) in [6.07, 6.45) is 1.95. The number of hydrogen-bond acceptors (Lipinski definition) is 6. The molecule has 20 heavy (non-hydrogen) atoms. The highest BCUT2D eigenvalue weighted by molar-refractivity contribution is 7.99. The van der Waals surface area contributed by atoms with Gasteiger partial charge in [0.15, 0.2) is 0 Å². The van der Waals surface area contributed by atoms with Crippen LogP contribution in [0.1, 0.15) is 12.8 Å². The van der Waals surface area contributed by atoms with E-state index in [4.69, 9.17) is 11.0 Å². The first kappa shape index (κ1) is 19.5. The van der Waals surface area contributed by atoms with E-state index in [9.17, 15) is 13.2 Å². The van der Waals surface area contributed by atoms with Crippen molar-refractivity contribution in [3.63, 3.8) is 0 Å².